The molecule has 2 aromatic rings. The van der Waals surface area contributed by atoms with Crippen LogP contribution < -0.4 is 14.4 Å². The molecule has 0 saturated heterocycles. The van der Waals surface area contributed by atoms with Crippen LogP contribution in [0.1, 0.15) is 73.4 Å². The van der Waals surface area contributed by atoms with Crippen molar-refractivity contribution in [3.63, 3.8) is 0 Å². The molecule has 0 spiro atoms. The molecule has 2 N–H and O–H groups in total. The van der Waals surface area contributed by atoms with Gasteiger partial charge in [-0.05, 0) is 97.3 Å². The van der Waals surface area contributed by atoms with Gasteiger partial charge in [0.1, 0.15) is 5.75 Å². The molecule has 204 valence electrons. The highest BCUT2D eigenvalue weighted by Gasteiger charge is 2.38. The standard InChI is InChI=1S/C31H39ClN2O3S/c1-3-6-21-15-25(32)11-13-26(21)24-18-34-17-23-9-12-27(23)29(35)8-5-4-7-20(2)38-33-31(36)22-10-14-30(37-19-24)28(34)16-22/h5,8,10-11,13-16,20,23-24,27,29,35H,3-4,6-7,9,12,17-19H2,1-2H3,(H,33,36)/b8-5+. The molecule has 5 atom stereocenters. The molecule has 38 heavy (non-hydrogen) atoms. The summed E-state index contributed by atoms with van der Waals surface area (Å²) in [5.41, 5.74) is 4.17. The van der Waals surface area contributed by atoms with Crippen molar-refractivity contribution in [3.8, 4) is 5.75 Å². The molecule has 1 fully saturated rings. The molecule has 0 aromatic heterocycles. The van der Waals surface area contributed by atoms with E-state index in [2.05, 4.69) is 41.7 Å². The number of carbonyl (C=O) groups is 1. The quantitative estimate of drug-likeness (QED) is 0.323. The maximum atomic E-state index is 13.1. The van der Waals surface area contributed by atoms with Gasteiger partial charge >= 0.3 is 0 Å². The number of benzene rings is 2. The maximum absolute atomic E-state index is 13.1. The lowest BCUT2D eigenvalue weighted by Gasteiger charge is -2.42. The predicted octanol–water partition coefficient (Wildman–Crippen LogP) is 6.78. The summed E-state index contributed by atoms with van der Waals surface area (Å²) in [6, 6.07) is 12.0. The van der Waals surface area contributed by atoms with Gasteiger partial charge < -0.3 is 14.7 Å². The van der Waals surface area contributed by atoms with Crippen molar-refractivity contribution in [2.45, 2.75) is 69.6 Å². The second kappa shape index (κ2) is 12.4. The van der Waals surface area contributed by atoms with Gasteiger partial charge in [-0.1, -0.05) is 50.1 Å². The minimum absolute atomic E-state index is 0.0760. The average molecular weight is 555 g/mol. The van der Waals surface area contributed by atoms with Crippen molar-refractivity contribution >= 4 is 35.1 Å². The second-order valence-corrected chi connectivity index (χ2v) is 12.7. The Morgan fingerprint density at radius 3 is 2.82 bits per heavy atom. The Morgan fingerprint density at radius 1 is 1.16 bits per heavy atom. The van der Waals surface area contributed by atoms with E-state index < -0.39 is 6.10 Å². The van der Waals surface area contributed by atoms with E-state index in [1.807, 2.05) is 30.3 Å². The van der Waals surface area contributed by atoms with Crippen LogP contribution in [0.5, 0.6) is 5.75 Å². The van der Waals surface area contributed by atoms with Crippen LogP contribution in [0.25, 0.3) is 0 Å². The number of fused-ring (bicyclic) bond motifs is 2. The highest BCUT2D eigenvalue weighted by molar-refractivity contribution is 7.98. The minimum Gasteiger partial charge on any atom is -0.491 e. The van der Waals surface area contributed by atoms with Crippen LogP contribution in [-0.2, 0) is 6.42 Å². The number of nitrogens with zero attached hydrogens (tertiary/aromatic N) is 1. The van der Waals surface area contributed by atoms with E-state index in [4.69, 9.17) is 16.3 Å². The summed E-state index contributed by atoms with van der Waals surface area (Å²) in [6.07, 6.45) is 9.69. The number of anilines is 1. The first-order chi connectivity index (χ1) is 18.4. The number of ether oxygens (including phenoxy) is 1. The topological polar surface area (TPSA) is 61.8 Å². The molecule has 1 saturated carbocycles. The molecule has 2 bridgehead atoms. The molecule has 3 aliphatic rings. The van der Waals surface area contributed by atoms with Gasteiger partial charge in [0.25, 0.3) is 5.91 Å². The summed E-state index contributed by atoms with van der Waals surface area (Å²) in [7, 11) is 0. The van der Waals surface area contributed by atoms with E-state index in [1.165, 1.54) is 23.1 Å². The number of carbonyl (C=O) groups excluding carboxylic acids is 1. The highest BCUT2D eigenvalue weighted by atomic mass is 35.5. The zero-order valence-corrected chi connectivity index (χ0v) is 23.9. The van der Waals surface area contributed by atoms with Crippen molar-refractivity contribution in [1.82, 2.24) is 4.72 Å². The van der Waals surface area contributed by atoms with Crippen molar-refractivity contribution in [3.05, 3.63) is 70.3 Å². The van der Waals surface area contributed by atoms with Crippen LogP contribution in [0.15, 0.2) is 48.6 Å². The normalized spacial score (nSPS) is 28.8. The predicted molar refractivity (Wildman–Crippen MR) is 157 cm³/mol. The van der Waals surface area contributed by atoms with Crippen LogP contribution in [-0.4, -0.2) is 42.1 Å². The molecule has 5 rings (SSSR count). The summed E-state index contributed by atoms with van der Waals surface area (Å²) in [4.78, 5) is 15.5. The molecule has 1 amide bonds. The number of amides is 1. The number of aliphatic hydroxyl groups excluding tert-OH is 1. The molecule has 2 aromatic carbocycles. The second-order valence-electron chi connectivity index (χ2n) is 11.0. The third-order valence-electron chi connectivity index (χ3n) is 8.30. The van der Waals surface area contributed by atoms with Crippen molar-refractivity contribution in [2.24, 2.45) is 11.8 Å². The molecule has 7 heteroatoms. The van der Waals surface area contributed by atoms with Gasteiger partial charge in [0.05, 0.1) is 18.4 Å². The fraction of sp³-hybridized carbons (Fsp3) is 0.516. The monoisotopic (exact) mass is 554 g/mol. The van der Waals surface area contributed by atoms with E-state index >= 15 is 0 Å². The summed E-state index contributed by atoms with van der Waals surface area (Å²) < 4.78 is 9.46. The van der Waals surface area contributed by atoms with Gasteiger partial charge in [-0.15, -0.1) is 0 Å². The summed E-state index contributed by atoms with van der Waals surface area (Å²) in [5, 5.41) is 12.0. The Hall–Kier alpha value is -2.15. The number of hydrogen-bond donors (Lipinski definition) is 2. The minimum atomic E-state index is -0.415. The Morgan fingerprint density at radius 2 is 2.03 bits per heavy atom. The lowest BCUT2D eigenvalue weighted by atomic mass is 9.70. The molecule has 0 radical (unpaired) electrons. The van der Waals surface area contributed by atoms with Crippen molar-refractivity contribution in [1.29, 1.82) is 0 Å². The van der Waals surface area contributed by atoms with E-state index in [9.17, 15) is 9.90 Å². The van der Waals surface area contributed by atoms with Gasteiger partial charge in [-0.25, -0.2) is 0 Å². The summed E-state index contributed by atoms with van der Waals surface area (Å²) in [5.74, 6) is 1.56. The fourth-order valence-corrected chi connectivity index (χ4v) is 6.86. The third kappa shape index (κ3) is 6.19. The lowest BCUT2D eigenvalue weighted by molar-refractivity contribution is 0.0461. The Kier molecular flexibility index (Phi) is 8.91. The number of rotatable bonds is 3. The van der Waals surface area contributed by atoms with E-state index in [1.54, 1.807) is 0 Å². The smallest absolute Gasteiger partial charge is 0.261 e. The molecule has 5 unspecified atom stereocenters. The first kappa shape index (κ1) is 27.4. The Labute approximate surface area is 236 Å². The van der Waals surface area contributed by atoms with Gasteiger partial charge in [0, 0.05) is 34.8 Å². The van der Waals surface area contributed by atoms with Crippen LogP contribution >= 0.6 is 23.5 Å². The first-order valence-electron chi connectivity index (χ1n) is 14.0. The van der Waals surface area contributed by atoms with Crippen LogP contribution in [0, 0.1) is 11.8 Å². The molecule has 2 heterocycles. The molecule has 5 nitrogen and oxygen atoms in total. The largest absolute Gasteiger partial charge is 0.491 e. The number of nitrogens with one attached hydrogen (secondary N) is 1. The van der Waals surface area contributed by atoms with Crippen LogP contribution in [0.3, 0.4) is 0 Å². The van der Waals surface area contributed by atoms with Crippen LogP contribution in [0.2, 0.25) is 5.02 Å². The summed E-state index contributed by atoms with van der Waals surface area (Å²) in [6.45, 7) is 6.50. The Balaban J connectivity index is 1.50. The SMILES string of the molecule is CCCc1cc(Cl)ccc1C1COc2ccc3cc2N(C1)CC1CCC1C(O)/C=C/CCC(C)SNC3=O. The molecular weight excluding hydrogens is 516 g/mol. The maximum Gasteiger partial charge on any atom is 0.261 e. The van der Waals surface area contributed by atoms with E-state index in [0.29, 0.717) is 18.1 Å². The van der Waals surface area contributed by atoms with Gasteiger partial charge in [0.2, 0.25) is 0 Å². The van der Waals surface area contributed by atoms with E-state index in [-0.39, 0.29) is 23.0 Å². The summed E-state index contributed by atoms with van der Waals surface area (Å²) >= 11 is 7.84. The number of allylic oxidation sites excluding steroid dienone is 1. The van der Waals surface area contributed by atoms with E-state index in [0.717, 1.165) is 68.1 Å². The Bertz CT molecular complexity index is 1170. The molecular formula is C31H39ClN2O3S. The average Bonchev–Trinajstić information content (AvgIpc) is 3.06. The first-order valence-corrected chi connectivity index (χ1v) is 15.3. The molecule has 2 aliphatic heterocycles. The van der Waals surface area contributed by atoms with Gasteiger partial charge in [0.15, 0.2) is 0 Å². The van der Waals surface area contributed by atoms with Gasteiger partial charge in [-0.3, -0.25) is 9.52 Å². The number of aryl methyl sites for hydroxylation is 1. The lowest BCUT2D eigenvalue weighted by Crippen LogP contribution is -2.44. The number of aliphatic hydroxyl groups is 1. The number of halogens is 1. The third-order valence-corrected chi connectivity index (χ3v) is 9.48. The van der Waals surface area contributed by atoms with Crippen molar-refractivity contribution in [2.75, 3.05) is 24.6 Å². The van der Waals surface area contributed by atoms with Crippen LogP contribution in [0.4, 0.5) is 5.69 Å². The van der Waals surface area contributed by atoms with Gasteiger partial charge in [-0.2, -0.15) is 0 Å². The fourth-order valence-electron chi connectivity index (χ4n) is 5.99. The molecule has 1 aliphatic carbocycles. The zero-order valence-electron chi connectivity index (χ0n) is 22.4. The number of hydrogen-bond acceptors (Lipinski definition) is 5. The zero-order chi connectivity index (χ0) is 26.6. The highest BCUT2D eigenvalue weighted by Crippen LogP contribution is 2.42. The van der Waals surface area contributed by atoms with Crippen molar-refractivity contribution < 1.29 is 14.6 Å².